The summed E-state index contributed by atoms with van der Waals surface area (Å²) in [6.45, 7) is 10.1. The van der Waals surface area contributed by atoms with Gasteiger partial charge in [0.15, 0.2) is 0 Å². The quantitative estimate of drug-likeness (QED) is 0.534. The smallest absolute Gasteiger partial charge is 0.0285 e. The highest BCUT2D eigenvalue weighted by Crippen LogP contribution is 2.09. The van der Waals surface area contributed by atoms with E-state index in [0.717, 1.165) is 0 Å². The fraction of sp³-hybridized carbons (Fsp3) is 0.455. The first-order chi connectivity index (χ1) is 5.24. The van der Waals surface area contributed by atoms with E-state index in [2.05, 4.69) is 39.5 Å². The monoisotopic (exact) mass is 150 g/mol. The van der Waals surface area contributed by atoms with Gasteiger partial charge < -0.3 is 0 Å². The van der Waals surface area contributed by atoms with Crippen LogP contribution in [-0.2, 0) is 0 Å². The van der Waals surface area contributed by atoms with Crippen LogP contribution in [0.3, 0.4) is 0 Å². The fourth-order valence-corrected chi connectivity index (χ4v) is 0.940. The summed E-state index contributed by atoms with van der Waals surface area (Å²) in [6.07, 6.45) is 8.62. The Morgan fingerprint density at radius 1 is 1.45 bits per heavy atom. The Hall–Kier alpha value is -0.780. The summed E-state index contributed by atoms with van der Waals surface area (Å²) in [5.41, 5.74) is 2.65. The zero-order valence-corrected chi connectivity index (χ0v) is 7.85. The Kier molecular flexibility index (Phi) is 5.54. The van der Waals surface area contributed by atoms with Gasteiger partial charge in [-0.3, -0.25) is 0 Å². The Morgan fingerprint density at radius 2 is 2.09 bits per heavy atom. The zero-order valence-electron chi connectivity index (χ0n) is 7.85. The highest BCUT2D eigenvalue weighted by Gasteiger charge is 1.89. The lowest BCUT2D eigenvalue weighted by atomic mass is 10.1. The third-order valence-corrected chi connectivity index (χ3v) is 1.64. The second kappa shape index (κ2) is 5.96. The number of hydrogen-bond acceptors (Lipinski definition) is 0. The Balaban J connectivity index is 4.18. The largest absolute Gasteiger partial charge is 0.0988 e. The number of allylic oxidation sites excluding steroid dienone is 5. The van der Waals surface area contributed by atoms with Crippen LogP contribution in [0.25, 0.3) is 0 Å². The molecule has 0 aliphatic heterocycles. The lowest BCUT2D eigenvalue weighted by Crippen LogP contribution is -1.78. The van der Waals surface area contributed by atoms with E-state index in [1.807, 2.05) is 6.08 Å². The van der Waals surface area contributed by atoms with Crippen LogP contribution in [0.5, 0.6) is 0 Å². The van der Waals surface area contributed by atoms with Gasteiger partial charge in [0.1, 0.15) is 0 Å². The van der Waals surface area contributed by atoms with Gasteiger partial charge in [0, 0.05) is 0 Å². The van der Waals surface area contributed by atoms with Gasteiger partial charge in [-0.1, -0.05) is 49.3 Å². The van der Waals surface area contributed by atoms with E-state index < -0.39 is 0 Å². The maximum atomic E-state index is 3.71. The van der Waals surface area contributed by atoms with Crippen LogP contribution in [0.1, 0.15) is 33.6 Å². The molecule has 0 rings (SSSR count). The molecule has 11 heavy (non-hydrogen) atoms. The van der Waals surface area contributed by atoms with Crippen molar-refractivity contribution in [3.8, 4) is 0 Å². The van der Waals surface area contributed by atoms with Crippen molar-refractivity contribution in [1.82, 2.24) is 0 Å². The second-order valence-corrected chi connectivity index (χ2v) is 2.71. The molecule has 0 N–H and O–H groups in total. The first-order valence-electron chi connectivity index (χ1n) is 4.20. The molecule has 0 aliphatic carbocycles. The molecule has 0 bridgehead atoms. The average Bonchev–Trinajstić information content (AvgIpc) is 2.03. The minimum absolute atomic E-state index is 1.17. The fourth-order valence-electron chi connectivity index (χ4n) is 0.940. The predicted octanol–water partition coefficient (Wildman–Crippen LogP) is 3.87. The van der Waals surface area contributed by atoms with Crippen LogP contribution in [0.2, 0.25) is 0 Å². The predicted molar refractivity (Wildman–Crippen MR) is 52.6 cm³/mol. The number of rotatable bonds is 4. The molecule has 62 valence electrons. The van der Waals surface area contributed by atoms with Gasteiger partial charge in [-0.2, -0.15) is 0 Å². The molecule has 0 saturated heterocycles. The van der Waals surface area contributed by atoms with E-state index >= 15 is 0 Å². The summed E-state index contributed by atoms with van der Waals surface area (Å²) in [6, 6.07) is 0. The molecule has 0 aliphatic rings. The van der Waals surface area contributed by atoms with E-state index in [1.165, 1.54) is 24.0 Å². The molecule has 0 aromatic rings. The lowest BCUT2D eigenvalue weighted by molar-refractivity contribution is 0.922. The number of hydrogen-bond donors (Lipinski definition) is 0. The Bertz CT molecular complexity index is 170. The Labute approximate surface area is 70.3 Å². The van der Waals surface area contributed by atoms with Crippen molar-refractivity contribution in [2.75, 3.05) is 0 Å². The van der Waals surface area contributed by atoms with Crippen LogP contribution >= 0.6 is 0 Å². The topological polar surface area (TPSA) is 0 Å². The molecule has 0 heteroatoms. The molecule has 0 aromatic carbocycles. The van der Waals surface area contributed by atoms with Gasteiger partial charge in [0.25, 0.3) is 0 Å². The molecule has 0 amide bonds. The van der Waals surface area contributed by atoms with Gasteiger partial charge in [-0.25, -0.2) is 0 Å². The first-order valence-corrected chi connectivity index (χ1v) is 4.20. The molecule has 0 nitrogen and oxygen atoms in total. The standard InChI is InChI=1S/C11H18/c1-5-8-11(7-3)9-10(4)6-2/h6-7,9H,2,5,8H2,1,3-4H3/b10-9-,11-7-. The van der Waals surface area contributed by atoms with E-state index in [-0.39, 0.29) is 0 Å². The highest BCUT2D eigenvalue weighted by molar-refractivity contribution is 5.27. The summed E-state index contributed by atoms with van der Waals surface area (Å²) < 4.78 is 0. The Morgan fingerprint density at radius 3 is 2.45 bits per heavy atom. The van der Waals surface area contributed by atoms with Gasteiger partial charge >= 0.3 is 0 Å². The van der Waals surface area contributed by atoms with Crippen LogP contribution in [0.4, 0.5) is 0 Å². The average molecular weight is 150 g/mol. The van der Waals surface area contributed by atoms with Crippen molar-refractivity contribution in [3.05, 3.63) is 36.0 Å². The summed E-state index contributed by atoms with van der Waals surface area (Å²) in [5.74, 6) is 0. The third kappa shape index (κ3) is 4.60. The van der Waals surface area contributed by atoms with E-state index in [9.17, 15) is 0 Å². The SMILES string of the molecule is C=C/C(C)=C\C(=C/C)CCC. The van der Waals surface area contributed by atoms with Gasteiger partial charge in [0.2, 0.25) is 0 Å². The zero-order chi connectivity index (χ0) is 8.69. The van der Waals surface area contributed by atoms with E-state index in [0.29, 0.717) is 0 Å². The molecule has 0 radical (unpaired) electrons. The summed E-state index contributed by atoms with van der Waals surface area (Å²) in [4.78, 5) is 0. The minimum Gasteiger partial charge on any atom is -0.0988 e. The molecule has 0 heterocycles. The molecular weight excluding hydrogens is 132 g/mol. The maximum Gasteiger partial charge on any atom is -0.0285 e. The minimum atomic E-state index is 1.17. The van der Waals surface area contributed by atoms with E-state index in [4.69, 9.17) is 0 Å². The van der Waals surface area contributed by atoms with Crippen molar-refractivity contribution in [2.45, 2.75) is 33.6 Å². The summed E-state index contributed by atoms with van der Waals surface area (Å²) in [5, 5.41) is 0. The highest BCUT2D eigenvalue weighted by atomic mass is 13.9. The molecular formula is C11H18. The molecule has 0 atom stereocenters. The lowest BCUT2D eigenvalue weighted by Gasteiger charge is -1.98. The van der Waals surface area contributed by atoms with Crippen molar-refractivity contribution in [2.24, 2.45) is 0 Å². The summed E-state index contributed by atoms with van der Waals surface area (Å²) in [7, 11) is 0. The van der Waals surface area contributed by atoms with Crippen LogP contribution in [0.15, 0.2) is 36.0 Å². The van der Waals surface area contributed by atoms with Crippen molar-refractivity contribution in [3.63, 3.8) is 0 Å². The summed E-state index contributed by atoms with van der Waals surface area (Å²) >= 11 is 0. The maximum absolute atomic E-state index is 3.71. The third-order valence-electron chi connectivity index (χ3n) is 1.64. The normalized spacial score (nSPS) is 13.4. The molecule has 0 fully saturated rings. The van der Waals surface area contributed by atoms with Gasteiger partial charge in [-0.15, -0.1) is 0 Å². The molecule has 0 aromatic heterocycles. The van der Waals surface area contributed by atoms with E-state index in [1.54, 1.807) is 0 Å². The van der Waals surface area contributed by atoms with Crippen LogP contribution in [0, 0.1) is 0 Å². The van der Waals surface area contributed by atoms with Crippen molar-refractivity contribution < 1.29 is 0 Å². The van der Waals surface area contributed by atoms with Crippen molar-refractivity contribution in [1.29, 1.82) is 0 Å². The van der Waals surface area contributed by atoms with Crippen LogP contribution in [-0.4, -0.2) is 0 Å². The van der Waals surface area contributed by atoms with Gasteiger partial charge in [-0.05, 0) is 20.3 Å². The second-order valence-electron chi connectivity index (χ2n) is 2.71. The molecule has 0 spiro atoms. The first kappa shape index (κ1) is 10.2. The van der Waals surface area contributed by atoms with Crippen LogP contribution < -0.4 is 0 Å². The van der Waals surface area contributed by atoms with Gasteiger partial charge in [0.05, 0.1) is 0 Å². The molecule has 0 saturated carbocycles. The molecule has 0 unspecified atom stereocenters. The van der Waals surface area contributed by atoms with Crippen molar-refractivity contribution >= 4 is 0 Å².